The summed E-state index contributed by atoms with van der Waals surface area (Å²) in [6.45, 7) is 6.53. The summed E-state index contributed by atoms with van der Waals surface area (Å²) in [6, 6.07) is 0. The highest BCUT2D eigenvalue weighted by Crippen LogP contribution is 2.19. The third-order valence-electron chi connectivity index (χ3n) is 15.6. The Labute approximate surface area is 486 Å². The normalized spacial score (nSPS) is 12.3. The first-order valence-electron chi connectivity index (χ1n) is 34.6. The lowest BCUT2D eigenvalue weighted by Gasteiger charge is -2.18. The number of carbonyl (C=O) groups excluding carboxylic acids is 3. The molecule has 0 amide bonds. The van der Waals surface area contributed by atoms with Crippen LogP contribution in [0.25, 0.3) is 0 Å². The molecule has 0 aromatic heterocycles. The van der Waals surface area contributed by atoms with Crippen LogP contribution in [-0.2, 0) is 28.6 Å². The van der Waals surface area contributed by atoms with Gasteiger partial charge in [-0.2, -0.15) is 0 Å². The quantitative estimate of drug-likeness (QED) is 0.0261. The van der Waals surface area contributed by atoms with Crippen LogP contribution in [0.15, 0.2) is 48.6 Å². The van der Waals surface area contributed by atoms with E-state index in [2.05, 4.69) is 69.4 Å². The molecule has 0 N–H and O–H groups in total. The van der Waals surface area contributed by atoms with E-state index >= 15 is 0 Å². The zero-order valence-corrected chi connectivity index (χ0v) is 52.5. The van der Waals surface area contributed by atoms with E-state index in [4.69, 9.17) is 14.2 Å². The number of allylic oxidation sites excluding steroid dienone is 8. The lowest BCUT2D eigenvalue weighted by molar-refractivity contribution is -0.167. The molecule has 0 heterocycles. The van der Waals surface area contributed by atoms with Gasteiger partial charge in [0.15, 0.2) is 6.10 Å². The molecular weight excluding hydrogens is 961 g/mol. The first-order chi connectivity index (χ1) is 38.5. The maximum atomic E-state index is 12.8. The topological polar surface area (TPSA) is 78.9 Å². The Balaban J connectivity index is 3.96. The number of rotatable bonds is 64. The summed E-state index contributed by atoms with van der Waals surface area (Å²) in [6.07, 6.45) is 84.7. The number of esters is 3. The Morgan fingerprint density at radius 2 is 0.500 bits per heavy atom. The molecule has 0 rings (SSSR count). The van der Waals surface area contributed by atoms with Crippen molar-refractivity contribution in [1.82, 2.24) is 0 Å². The number of unbranched alkanes of at least 4 members (excludes halogenated alkanes) is 45. The third kappa shape index (κ3) is 64.2. The molecule has 0 bridgehead atoms. The molecule has 1 atom stereocenters. The average Bonchev–Trinajstić information content (AvgIpc) is 3.44. The highest BCUT2D eigenvalue weighted by atomic mass is 16.6. The van der Waals surface area contributed by atoms with Gasteiger partial charge in [0.25, 0.3) is 0 Å². The molecule has 0 aliphatic carbocycles. The molecule has 0 aromatic rings. The van der Waals surface area contributed by atoms with Gasteiger partial charge in [-0.1, -0.05) is 345 Å². The van der Waals surface area contributed by atoms with Crippen molar-refractivity contribution in [2.24, 2.45) is 0 Å². The summed E-state index contributed by atoms with van der Waals surface area (Å²) in [5.74, 6) is -0.889. The zero-order valence-electron chi connectivity index (χ0n) is 52.5. The minimum atomic E-state index is -0.782. The first kappa shape index (κ1) is 75.4. The second-order valence-corrected chi connectivity index (χ2v) is 23.4. The van der Waals surface area contributed by atoms with Crippen molar-refractivity contribution in [3.05, 3.63) is 48.6 Å². The minimum Gasteiger partial charge on any atom is -0.462 e. The fourth-order valence-electron chi connectivity index (χ4n) is 10.4. The Morgan fingerprint density at radius 3 is 0.782 bits per heavy atom. The van der Waals surface area contributed by atoms with E-state index in [9.17, 15) is 14.4 Å². The second kappa shape index (κ2) is 66.9. The highest BCUT2D eigenvalue weighted by molar-refractivity contribution is 5.71. The summed E-state index contributed by atoms with van der Waals surface area (Å²) in [7, 11) is 0. The van der Waals surface area contributed by atoms with E-state index in [1.54, 1.807) is 0 Å². The van der Waals surface area contributed by atoms with Gasteiger partial charge < -0.3 is 14.2 Å². The molecule has 6 heteroatoms. The fourth-order valence-corrected chi connectivity index (χ4v) is 10.4. The predicted octanol–water partition coefficient (Wildman–Crippen LogP) is 23.7. The van der Waals surface area contributed by atoms with E-state index < -0.39 is 6.10 Å². The highest BCUT2D eigenvalue weighted by Gasteiger charge is 2.19. The molecule has 6 nitrogen and oxygen atoms in total. The molecule has 1 unspecified atom stereocenters. The number of hydrogen-bond acceptors (Lipinski definition) is 6. The van der Waals surface area contributed by atoms with Crippen molar-refractivity contribution in [2.75, 3.05) is 13.2 Å². The Morgan fingerprint density at radius 1 is 0.269 bits per heavy atom. The number of hydrogen-bond donors (Lipinski definition) is 0. The largest absolute Gasteiger partial charge is 0.462 e. The van der Waals surface area contributed by atoms with E-state index in [1.807, 2.05) is 0 Å². The molecule has 0 fully saturated rings. The van der Waals surface area contributed by atoms with Gasteiger partial charge in [-0.15, -0.1) is 0 Å². The fraction of sp³-hybridized carbons (Fsp3) is 0.847. The number of carbonyl (C=O) groups is 3. The van der Waals surface area contributed by atoms with Gasteiger partial charge in [-0.3, -0.25) is 14.4 Å². The molecule has 0 aromatic carbocycles. The summed E-state index contributed by atoms with van der Waals surface area (Å²) >= 11 is 0. The van der Waals surface area contributed by atoms with Crippen molar-refractivity contribution in [3.8, 4) is 0 Å². The van der Waals surface area contributed by atoms with Gasteiger partial charge in [0.2, 0.25) is 0 Å². The molecule has 0 aliphatic heterocycles. The third-order valence-corrected chi connectivity index (χ3v) is 15.6. The van der Waals surface area contributed by atoms with Crippen molar-refractivity contribution in [1.29, 1.82) is 0 Å². The van der Waals surface area contributed by atoms with Crippen LogP contribution in [0.4, 0.5) is 0 Å². The van der Waals surface area contributed by atoms with Gasteiger partial charge in [0, 0.05) is 19.3 Å². The molecule has 0 radical (unpaired) electrons. The Bertz CT molecular complexity index is 1350. The molecule has 0 saturated heterocycles. The summed E-state index contributed by atoms with van der Waals surface area (Å²) in [4.78, 5) is 38.1. The van der Waals surface area contributed by atoms with Crippen LogP contribution in [0.1, 0.15) is 374 Å². The average molecular weight is 1090 g/mol. The second-order valence-electron chi connectivity index (χ2n) is 23.4. The van der Waals surface area contributed by atoms with E-state index in [-0.39, 0.29) is 31.1 Å². The van der Waals surface area contributed by atoms with Crippen molar-refractivity contribution in [2.45, 2.75) is 380 Å². The number of ether oxygens (including phenoxy) is 3. The van der Waals surface area contributed by atoms with E-state index in [0.717, 1.165) is 96.3 Å². The van der Waals surface area contributed by atoms with Gasteiger partial charge >= 0.3 is 17.9 Å². The SMILES string of the molecule is CC/C=C\C/C=C\C/C=C\C/C=C\CCCCCCC(=O)OC(COC(=O)CCCCCCCCCC)COC(=O)CCCCCCCCCCCCCCCCCCCCCCCCCCCCCCCCCCCCC. The predicted molar refractivity (Wildman–Crippen MR) is 339 cm³/mol. The van der Waals surface area contributed by atoms with Crippen LogP contribution in [0.2, 0.25) is 0 Å². The molecule has 78 heavy (non-hydrogen) atoms. The monoisotopic (exact) mass is 1090 g/mol. The summed E-state index contributed by atoms with van der Waals surface area (Å²) < 4.78 is 16.8. The van der Waals surface area contributed by atoms with E-state index in [1.165, 1.54) is 238 Å². The molecular formula is C72H132O6. The maximum Gasteiger partial charge on any atom is 0.306 e. The zero-order chi connectivity index (χ0) is 56.4. The Kier molecular flexibility index (Phi) is 64.6. The smallest absolute Gasteiger partial charge is 0.306 e. The van der Waals surface area contributed by atoms with Gasteiger partial charge in [0.1, 0.15) is 13.2 Å². The van der Waals surface area contributed by atoms with Crippen LogP contribution in [0.3, 0.4) is 0 Å². The van der Waals surface area contributed by atoms with Crippen LogP contribution < -0.4 is 0 Å². The summed E-state index contributed by atoms with van der Waals surface area (Å²) in [5.41, 5.74) is 0. The molecule has 0 saturated carbocycles. The van der Waals surface area contributed by atoms with E-state index in [0.29, 0.717) is 19.3 Å². The maximum absolute atomic E-state index is 12.8. The summed E-state index contributed by atoms with van der Waals surface area (Å²) in [5, 5.41) is 0. The first-order valence-corrected chi connectivity index (χ1v) is 34.6. The van der Waals surface area contributed by atoms with Crippen molar-refractivity contribution in [3.63, 3.8) is 0 Å². The molecule has 0 aliphatic rings. The molecule has 456 valence electrons. The standard InChI is InChI=1S/C72H132O6/c1-4-7-10-13-16-19-21-23-25-27-28-29-30-31-32-33-34-35-36-37-38-39-40-41-42-43-44-46-47-49-51-53-56-59-62-65-71(74)77-68-69(67-76-70(73)64-61-58-55-18-15-12-9-6-3)78-72(75)66-63-60-57-54-52-50-48-45-26-24-22-20-17-14-11-8-5-2/h8,11,17,20,24,26,48,50,69H,4-7,9-10,12-16,18-19,21-23,25,27-47,49,51-68H2,1-3H3/b11-8-,20-17-,26-24-,50-48-. The van der Waals surface area contributed by atoms with Gasteiger partial charge in [-0.25, -0.2) is 0 Å². The lowest BCUT2D eigenvalue weighted by Crippen LogP contribution is -2.30. The minimum absolute atomic E-state index is 0.0792. The Hall–Kier alpha value is -2.63. The van der Waals surface area contributed by atoms with Crippen LogP contribution in [0, 0.1) is 0 Å². The van der Waals surface area contributed by atoms with Crippen LogP contribution in [0.5, 0.6) is 0 Å². The van der Waals surface area contributed by atoms with Crippen LogP contribution in [-0.4, -0.2) is 37.2 Å². The van der Waals surface area contributed by atoms with Gasteiger partial charge in [-0.05, 0) is 57.8 Å². The lowest BCUT2D eigenvalue weighted by atomic mass is 10.0. The van der Waals surface area contributed by atoms with Crippen molar-refractivity contribution < 1.29 is 28.6 Å². The van der Waals surface area contributed by atoms with Gasteiger partial charge in [0.05, 0.1) is 0 Å². The van der Waals surface area contributed by atoms with Crippen molar-refractivity contribution >= 4 is 17.9 Å². The van der Waals surface area contributed by atoms with Crippen LogP contribution >= 0.6 is 0 Å². The molecule has 0 spiro atoms.